The molecule has 0 saturated heterocycles. The molecule has 134 valence electrons. The van der Waals surface area contributed by atoms with Gasteiger partial charge >= 0.3 is 18.9 Å². The van der Waals surface area contributed by atoms with E-state index in [0.717, 1.165) is 54.9 Å². The van der Waals surface area contributed by atoms with Crippen molar-refractivity contribution < 1.29 is 28.4 Å². The molecule has 2 aromatic rings. The molecule has 2 aromatic carbocycles. The molecule has 0 aliphatic carbocycles. The van der Waals surface area contributed by atoms with E-state index in [1.54, 1.807) is 0 Å². The van der Waals surface area contributed by atoms with Gasteiger partial charge in [0.2, 0.25) is 0 Å². The van der Waals surface area contributed by atoms with Crippen LogP contribution >= 0.6 is 8.58 Å². The Bertz CT molecular complexity index is 733. The summed E-state index contributed by atoms with van der Waals surface area (Å²) in [6.45, 7) is 11.1. The maximum atomic E-state index is 12.8. The zero-order chi connectivity index (χ0) is 18.4. The number of unbranched alkanes of at least 4 members (excludes halogenated alkanes) is 2. The first-order chi connectivity index (χ1) is 11.9. The standard InChI is InChI=1S/C22H28O2P.Li/c1-6-7-8-11-24-19-9-10-20(16(3)14-19)25-22(23)21-17(4)12-15(2)13-18(21)5;/h9-10,12-14H,6-8,11H2,1-5H3;/q-1;+1. The Morgan fingerprint density at radius 3 is 2.19 bits per heavy atom. The van der Waals surface area contributed by atoms with Crippen LogP contribution in [0.5, 0.6) is 5.75 Å². The largest absolute Gasteiger partial charge is 1.00 e. The first kappa shape index (κ1) is 23.0. The van der Waals surface area contributed by atoms with Crippen LogP contribution in [0.3, 0.4) is 0 Å². The van der Waals surface area contributed by atoms with E-state index in [-0.39, 0.29) is 24.4 Å². The quantitative estimate of drug-likeness (QED) is 0.410. The normalized spacial score (nSPS) is 10.8. The number of aryl methyl sites for hydroxylation is 4. The van der Waals surface area contributed by atoms with Crippen LogP contribution in [-0.2, 0) is 0 Å². The minimum absolute atomic E-state index is 0. The monoisotopic (exact) mass is 362 g/mol. The van der Waals surface area contributed by atoms with Gasteiger partial charge in [0.15, 0.2) is 0 Å². The van der Waals surface area contributed by atoms with Gasteiger partial charge in [-0.15, -0.1) is 0 Å². The molecule has 0 radical (unpaired) electrons. The average molecular weight is 362 g/mol. The fourth-order valence-corrected chi connectivity index (χ4v) is 4.14. The van der Waals surface area contributed by atoms with Gasteiger partial charge in [0.25, 0.3) is 0 Å². The molecule has 0 fully saturated rings. The number of benzene rings is 2. The molecule has 0 aliphatic rings. The van der Waals surface area contributed by atoms with Crippen molar-refractivity contribution in [2.24, 2.45) is 0 Å². The van der Waals surface area contributed by atoms with Crippen LogP contribution in [0.4, 0.5) is 0 Å². The molecular weight excluding hydrogens is 334 g/mol. The van der Waals surface area contributed by atoms with Crippen LogP contribution in [0.15, 0.2) is 30.3 Å². The Morgan fingerprint density at radius 1 is 0.962 bits per heavy atom. The third-order valence-electron chi connectivity index (χ3n) is 4.30. The van der Waals surface area contributed by atoms with E-state index in [0.29, 0.717) is 0 Å². The molecule has 0 bridgehead atoms. The van der Waals surface area contributed by atoms with Gasteiger partial charge in [-0.25, -0.2) is 0 Å². The number of hydrogen-bond donors (Lipinski definition) is 0. The summed E-state index contributed by atoms with van der Waals surface area (Å²) >= 11 is 0. The summed E-state index contributed by atoms with van der Waals surface area (Å²) in [6, 6.07) is 10.2. The van der Waals surface area contributed by atoms with E-state index in [2.05, 4.69) is 26.0 Å². The molecule has 2 nitrogen and oxygen atoms in total. The molecule has 0 atom stereocenters. The van der Waals surface area contributed by atoms with Gasteiger partial charge < -0.3 is 18.1 Å². The van der Waals surface area contributed by atoms with Gasteiger partial charge in [-0.2, -0.15) is 5.30 Å². The summed E-state index contributed by atoms with van der Waals surface area (Å²) in [6.07, 6.45) is 3.47. The molecule has 0 saturated carbocycles. The van der Waals surface area contributed by atoms with E-state index in [4.69, 9.17) is 4.74 Å². The maximum absolute atomic E-state index is 12.8. The van der Waals surface area contributed by atoms with Crippen LogP contribution in [-0.4, -0.2) is 12.1 Å². The molecule has 0 aromatic heterocycles. The summed E-state index contributed by atoms with van der Waals surface area (Å²) in [7, 11) is 0.726. The molecule has 0 amide bonds. The number of ether oxygens (including phenoxy) is 1. The summed E-state index contributed by atoms with van der Waals surface area (Å²) in [5.74, 6) is 0.891. The third kappa shape index (κ3) is 6.28. The Kier molecular flexibility index (Phi) is 9.66. The van der Waals surface area contributed by atoms with Gasteiger partial charge in [-0.3, -0.25) is 0 Å². The first-order valence-electron chi connectivity index (χ1n) is 8.99. The van der Waals surface area contributed by atoms with Crippen molar-refractivity contribution in [2.75, 3.05) is 6.61 Å². The number of rotatable bonds is 8. The van der Waals surface area contributed by atoms with Gasteiger partial charge in [-0.05, 0) is 62.9 Å². The summed E-state index contributed by atoms with van der Waals surface area (Å²) < 4.78 is 5.80. The van der Waals surface area contributed by atoms with Gasteiger partial charge in [0.05, 0.1) is 6.61 Å². The first-order valence-corrected chi connectivity index (χ1v) is 9.89. The Balaban J connectivity index is 0.00000338. The van der Waals surface area contributed by atoms with Crippen LogP contribution in [0.1, 0.15) is 58.8 Å². The minimum atomic E-state index is 0. The molecular formula is C22H28LiO2P. The fourth-order valence-electron chi connectivity index (χ4n) is 3.07. The minimum Gasteiger partial charge on any atom is -0.494 e. The molecule has 0 spiro atoms. The van der Waals surface area contributed by atoms with Crippen LogP contribution in [0, 0.1) is 27.7 Å². The van der Waals surface area contributed by atoms with E-state index >= 15 is 0 Å². The van der Waals surface area contributed by atoms with E-state index < -0.39 is 0 Å². The fraction of sp³-hybridized carbons (Fsp3) is 0.409. The molecule has 0 aliphatic heterocycles. The van der Waals surface area contributed by atoms with Gasteiger partial charge in [0.1, 0.15) is 5.75 Å². The Morgan fingerprint density at radius 2 is 1.62 bits per heavy atom. The molecule has 2 rings (SSSR count). The number of hydrogen-bond acceptors (Lipinski definition) is 2. The van der Waals surface area contributed by atoms with Gasteiger partial charge in [0, 0.05) is 5.52 Å². The predicted molar refractivity (Wildman–Crippen MR) is 108 cm³/mol. The molecule has 0 unspecified atom stereocenters. The molecule has 0 heterocycles. The maximum Gasteiger partial charge on any atom is 1.00 e. The van der Waals surface area contributed by atoms with E-state index in [1.807, 2.05) is 39.0 Å². The van der Waals surface area contributed by atoms with Gasteiger partial charge in [-0.1, -0.05) is 49.1 Å². The third-order valence-corrected chi connectivity index (χ3v) is 5.47. The summed E-state index contributed by atoms with van der Waals surface area (Å²) in [4.78, 5) is 12.8. The number of carbonyl (C=O) groups is 1. The Hall–Kier alpha value is -1.06. The van der Waals surface area contributed by atoms with Crippen molar-refractivity contribution in [1.29, 1.82) is 0 Å². The number of carbonyl (C=O) groups excluding carboxylic acids is 1. The van der Waals surface area contributed by atoms with Crippen LogP contribution in [0.2, 0.25) is 0 Å². The predicted octanol–water partition coefficient (Wildman–Crippen LogP) is 2.91. The van der Waals surface area contributed by atoms with E-state index in [9.17, 15) is 4.79 Å². The molecule has 0 N–H and O–H groups in total. The average Bonchev–Trinajstić information content (AvgIpc) is 2.53. The smallest absolute Gasteiger partial charge is 0.494 e. The van der Waals surface area contributed by atoms with Crippen molar-refractivity contribution in [2.45, 2.75) is 53.9 Å². The zero-order valence-corrected chi connectivity index (χ0v) is 17.9. The van der Waals surface area contributed by atoms with E-state index in [1.165, 1.54) is 18.4 Å². The second-order valence-electron chi connectivity index (χ2n) is 6.69. The summed E-state index contributed by atoms with van der Waals surface area (Å²) in [5, 5.41) is 1.05. The van der Waals surface area contributed by atoms with Crippen molar-refractivity contribution >= 4 is 19.4 Å². The second kappa shape index (κ2) is 10.9. The molecule has 4 heteroatoms. The SMILES string of the molecule is CCCCCOc1ccc([P-]C(=O)c2c(C)cc(C)cc2C)c(C)c1.[Li+]. The van der Waals surface area contributed by atoms with Crippen molar-refractivity contribution in [1.82, 2.24) is 0 Å². The zero-order valence-electron chi connectivity index (χ0n) is 17.0. The van der Waals surface area contributed by atoms with Crippen molar-refractivity contribution in [3.8, 4) is 5.75 Å². The summed E-state index contributed by atoms with van der Waals surface area (Å²) in [5.41, 5.74) is 5.43. The van der Waals surface area contributed by atoms with Crippen molar-refractivity contribution in [3.05, 3.63) is 58.1 Å². The topological polar surface area (TPSA) is 26.3 Å². The van der Waals surface area contributed by atoms with Crippen LogP contribution < -0.4 is 28.9 Å². The van der Waals surface area contributed by atoms with Crippen LogP contribution in [0.25, 0.3) is 0 Å². The Labute approximate surface area is 172 Å². The molecule has 26 heavy (non-hydrogen) atoms. The second-order valence-corrected chi connectivity index (χ2v) is 7.81. The van der Waals surface area contributed by atoms with Crippen molar-refractivity contribution in [3.63, 3.8) is 0 Å².